The average molecular weight is 387 g/mol. The molecule has 142 valence electrons. The second kappa shape index (κ2) is 7.31. The van der Waals surface area contributed by atoms with Crippen LogP contribution in [0, 0.1) is 11.3 Å². The van der Waals surface area contributed by atoms with Gasteiger partial charge in [0.1, 0.15) is 0 Å². The first-order valence-electron chi connectivity index (χ1n) is 9.71. The van der Waals surface area contributed by atoms with Gasteiger partial charge in [-0.15, -0.1) is 0 Å². The Bertz CT molecular complexity index is 1370. The fourth-order valence-corrected chi connectivity index (χ4v) is 3.84. The summed E-state index contributed by atoms with van der Waals surface area (Å²) in [5.41, 5.74) is 5.53. The molecule has 4 aromatic carbocycles. The van der Waals surface area contributed by atoms with Crippen LogP contribution < -0.4 is 5.32 Å². The number of carbonyl (C=O) groups excluding carboxylic acids is 1. The maximum absolute atomic E-state index is 12.6. The first kappa shape index (κ1) is 17.8. The highest BCUT2D eigenvalue weighted by atomic mass is 16.1. The molecule has 4 aromatic rings. The van der Waals surface area contributed by atoms with Crippen molar-refractivity contribution in [1.29, 1.82) is 5.26 Å². The van der Waals surface area contributed by atoms with Gasteiger partial charge in [-0.3, -0.25) is 9.79 Å². The monoisotopic (exact) mass is 387 g/mol. The third-order valence-corrected chi connectivity index (χ3v) is 5.28. The van der Waals surface area contributed by atoms with E-state index >= 15 is 0 Å². The van der Waals surface area contributed by atoms with Gasteiger partial charge in [-0.05, 0) is 51.7 Å². The SMILES string of the molecule is N#Cc1cccc(C2=Nc3ccc(-c4cccc5ccccc45)cc3NC(=O)C2)c1. The normalized spacial score (nSPS) is 13.0. The van der Waals surface area contributed by atoms with E-state index in [4.69, 9.17) is 4.99 Å². The summed E-state index contributed by atoms with van der Waals surface area (Å²) in [5, 5.41) is 14.5. The number of carbonyl (C=O) groups is 1. The van der Waals surface area contributed by atoms with Gasteiger partial charge in [-0.2, -0.15) is 5.26 Å². The molecular formula is C26H17N3O. The van der Waals surface area contributed by atoms with Gasteiger partial charge in [-0.1, -0.05) is 60.7 Å². The Balaban J connectivity index is 1.61. The van der Waals surface area contributed by atoms with Crippen LogP contribution in [-0.2, 0) is 4.79 Å². The molecule has 1 N–H and O–H groups in total. The lowest BCUT2D eigenvalue weighted by molar-refractivity contribution is -0.115. The minimum Gasteiger partial charge on any atom is -0.324 e. The fraction of sp³-hybridized carbons (Fsp3) is 0.0385. The van der Waals surface area contributed by atoms with Crippen LogP contribution in [0.4, 0.5) is 11.4 Å². The third-order valence-electron chi connectivity index (χ3n) is 5.28. The van der Waals surface area contributed by atoms with Gasteiger partial charge < -0.3 is 5.32 Å². The maximum atomic E-state index is 12.6. The molecule has 1 heterocycles. The van der Waals surface area contributed by atoms with Gasteiger partial charge in [0.05, 0.1) is 35.1 Å². The van der Waals surface area contributed by atoms with Crippen LogP contribution in [0.3, 0.4) is 0 Å². The van der Waals surface area contributed by atoms with Crippen molar-refractivity contribution < 1.29 is 4.79 Å². The van der Waals surface area contributed by atoms with Crippen LogP contribution in [0.5, 0.6) is 0 Å². The fourth-order valence-electron chi connectivity index (χ4n) is 3.84. The molecule has 0 aromatic heterocycles. The number of benzene rings is 4. The Morgan fingerprint density at radius 3 is 2.60 bits per heavy atom. The highest BCUT2D eigenvalue weighted by Crippen LogP contribution is 2.36. The molecule has 0 unspecified atom stereocenters. The van der Waals surface area contributed by atoms with Gasteiger partial charge in [0.15, 0.2) is 0 Å². The van der Waals surface area contributed by atoms with Crippen LogP contribution >= 0.6 is 0 Å². The summed E-state index contributed by atoms with van der Waals surface area (Å²) < 4.78 is 0. The molecule has 1 aliphatic rings. The van der Waals surface area contributed by atoms with Crippen molar-refractivity contribution in [3.05, 3.63) is 96.1 Å². The molecule has 0 radical (unpaired) electrons. The molecule has 0 saturated heterocycles. The minimum absolute atomic E-state index is 0.120. The van der Waals surface area contributed by atoms with Crippen molar-refractivity contribution in [2.75, 3.05) is 5.32 Å². The first-order chi connectivity index (χ1) is 14.7. The van der Waals surface area contributed by atoms with E-state index in [1.165, 1.54) is 5.39 Å². The van der Waals surface area contributed by atoms with Gasteiger partial charge >= 0.3 is 0 Å². The number of aliphatic imine (C=N–C) groups is 1. The number of hydrogen-bond donors (Lipinski definition) is 1. The average Bonchev–Trinajstić information content (AvgIpc) is 2.96. The maximum Gasteiger partial charge on any atom is 0.230 e. The Morgan fingerprint density at radius 2 is 1.70 bits per heavy atom. The summed E-state index contributed by atoms with van der Waals surface area (Å²) in [6.07, 6.45) is 0.160. The molecule has 0 bridgehead atoms. The predicted molar refractivity (Wildman–Crippen MR) is 120 cm³/mol. The molecule has 0 spiro atoms. The number of anilines is 1. The van der Waals surface area contributed by atoms with Crippen LogP contribution in [0.15, 0.2) is 89.9 Å². The van der Waals surface area contributed by atoms with E-state index in [1.54, 1.807) is 12.1 Å². The minimum atomic E-state index is -0.120. The highest BCUT2D eigenvalue weighted by molar-refractivity contribution is 6.17. The van der Waals surface area contributed by atoms with E-state index in [2.05, 4.69) is 35.7 Å². The van der Waals surface area contributed by atoms with Crippen molar-refractivity contribution in [2.24, 2.45) is 4.99 Å². The van der Waals surface area contributed by atoms with Crippen LogP contribution in [0.2, 0.25) is 0 Å². The second-order valence-corrected chi connectivity index (χ2v) is 7.23. The van der Waals surface area contributed by atoms with E-state index in [0.29, 0.717) is 22.6 Å². The lowest BCUT2D eigenvalue weighted by Gasteiger charge is -2.10. The zero-order chi connectivity index (χ0) is 20.5. The summed E-state index contributed by atoms with van der Waals surface area (Å²) in [5.74, 6) is -0.120. The van der Waals surface area contributed by atoms with Crippen LogP contribution in [0.1, 0.15) is 17.5 Å². The lowest BCUT2D eigenvalue weighted by atomic mass is 9.97. The topological polar surface area (TPSA) is 65.2 Å². The van der Waals surface area contributed by atoms with E-state index in [0.717, 1.165) is 22.1 Å². The van der Waals surface area contributed by atoms with E-state index < -0.39 is 0 Å². The Hall–Kier alpha value is -4.23. The van der Waals surface area contributed by atoms with Gasteiger partial charge in [0.25, 0.3) is 0 Å². The van der Waals surface area contributed by atoms with Crippen molar-refractivity contribution >= 4 is 33.8 Å². The van der Waals surface area contributed by atoms with Gasteiger partial charge in [0, 0.05) is 0 Å². The summed E-state index contributed by atoms with van der Waals surface area (Å²) in [6.45, 7) is 0. The number of nitrogens with one attached hydrogen (secondary N) is 1. The van der Waals surface area contributed by atoms with Crippen molar-refractivity contribution in [3.8, 4) is 17.2 Å². The number of hydrogen-bond acceptors (Lipinski definition) is 3. The molecular weight excluding hydrogens is 370 g/mol. The Labute approximate surface area is 174 Å². The molecule has 1 amide bonds. The zero-order valence-corrected chi connectivity index (χ0v) is 16.1. The number of rotatable bonds is 2. The van der Waals surface area contributed by atoms with Crippen LogP contribution in [-0.4, -0.2) is 11.6 Å². The molecule has 0 saturated carbocycles. The smallest absolute Gasteiger partial charge is 0.230 e. The lowest BCUT2D eigenvalue weighted by Crippen LogP contribution is -2.15. The predicted octanol–water partition coefficient (Wildman–Crippen LogP) is 5.84. The van der Waals surface area contributed by atoms with E-state index in [1.807, 2.05) is 48.5 Å². The summed E-state index contributed by atoms with van der Waals surface area (Å²) in [7, 11) is 0. The van der Waals surface area contributed by atoms with Crippen molar-refractivity contribution in [3.63, 3.8) is 0 Å². The first-order valence-corrected chi connectivity index (χ1v) is 9.71. The summed E-state index contributed by atoms with van der Waals surface area (Å²) in [4.78, 5) is 17.3. The third kappa shape index (κ3) is 3.23. The Kier molecular flexibility index (Phi) is 4.34. The second-order valence-electron chi connectivity index (χ2n) is 7.23. The molecule has 30 heavy (non-hydrogen) atoms. The largest absolute Gasteiger partial charge is 0.324 e. The van der Waals surface area contributed by atoms with Crippen molar-refractivity contribution in [1.82, 2.24) is 0 Å². The van der Waals surface area contributed by atoms with E-state index in [-0.39, 0.29) is 12.3 Å². The summed E-state index contributed by atoms with van der Waals surface area (Å²) in [6, 6.07) is 29.8. The number of amides is 1. The Morgan fingerprint density at radius 1 is 0.867 bits per heavy atom. The molecule has 0 aliphatic carbocycles. The number of nitrogens with zero attached hydrogens (tertiary/aromatic N) is 2. The zero-order valence-electron chi connectivity index (χ0n) is 16.1. The quantitative estimate of drug-likeness (QED) is 0.469. The molecule has 5 rings (SSSR count). The summed E-state index contributed by atoms with van der Waals surface area (Å²) >= 11 is 0. The van der Waals surface area contributed by atoms with Gasteiger partial charge in [0.2, 0.25) is 5.91 Å². The molecule has 0 atom stereocenters. The van der Waals surface area contributed by atoms with Gasteiger partial charge in [-0.25, -0.2) is 0 Å². The molecule has 4 heteroatoms. The van der Waals surface area contributed by atoms with E-state index in [9.17, 15) is 10.1 Å². The standard InChI is InChI=1S/C26H17N3O/c27-16-17-5-3-8-20(13-17)24-15-26(30)29-25-14-19(11-12-23(25)28-24)22-10-4-7-18-6-1-2-9-21(18)22/h1-14H,15H2,(H,29,30). The molecule has 4 nitrogen and oxygen atoms in total. The highest BCUT2D eigenvalue weighted by Gasteiger charge is 2.18. The molecule has 1 aliphatic heterocycles. The molecule has 0 fully saturated rings. The number of nitriles is 1. The van der Waals surface area contributed by atoms with Crippen LogP contribution in [0.25, 0.3) is 21.9 Å². The van der Waals surface area contributed by atoms with Crippen molar-refractivity contribution in [2.45, 2.75) is 6.42 Å². The number of fused-ring (bicyclic) bond motifs is 2.